The van der Waals surface area contributed by atoms with Gasteiger partial charge >= 0.3 is 5.97 Å². The molecule has 0 radical (unpaired) electrons. The maximum Gasteiger partial charge on any atom is 0.335 e. The topological polar surface area (TPSA) is 67.8 Å². The lowest BCUT2D eigenvalue weighted by Gasteiger charge is -2.19. The number of carbonyl (C=O) groups is 1. The van der Waals surface area contributed by atoms with Gasteiger partial charge in [0.25, 0.3) is 0 Å². The van der Waals surface area contributed by atoms with Crippen LogP contribution in [0, 0.1) is 0 Å². The van der Waals surface area contributed by atoms with Gasteiger partial charge in [-0.3, -0.25) is 0 Å². The minimum absolute atomic E-state index is 0.0149. The Morgan fingerprint density at radius 3 is 2.77 bits per heavy atom. The van der Waals surface area contributed by atoms with Crippen molar-refractivity contribution in [3.8, 4) is 11.5 Å². The van der Waals surface area contributed by atoms with Crippen LogP contribution in [-0.2, 0) is 13.2 Å². The molecule has 0 amide bonds. The highest BCUT2D eigenvalue weighted by Crippen LogP contribution is 2.44. The van der Waals surface area contributed by atoms with Crippen LogP contribution in [0.25, 0.3) is 0 Å². The molecule has 1 aliphatic rings. The fourth-order valence-corrected chi connectivity index (χ4v) is 5.03. The first kappa shape index (κ1) is 21.3. The Balaban J connectivity index is 1.49. The molecule has 1 unspecified atom stereocenters. The van der Waals surface area contributed by atoms with Gasteiger partial charge in [-0.05, 0) is 35.4 Å². The number of fused-ring (bicyclic) bond motifs is 2. The van der Waals surface area contributed by atoms with E-state index < -0.39 is 5.97 Å². The maximum atomic E-state index is 11.5. The van der Waals surface area contributed by atoms with Crippen LogP contribution >= 0.6 is 11.8 Å². The molecule has 0 fully saturated rings. The molecule has 0 bridgehead atoms. The molecule has 4 rings (SSSR count). The van der Waals surface area contributed by atoms with Crippen LogP contribution in [0.4, 0.5) is 0 Å². The summed E-state index contributed by atoms with van der Waals surface area (Å²) in [5, 5.41) is 13.0. The number of benzene rings is 3. The summed E-state index contributed by atoms with van der Waals surface area (Å²) in [7, 11) is 1.68. The molecule has 31 heavy (non-hydrogen) atoms. The number of hydrogen-bond acceptors (Lipinski definition) is 5. The van der Waals surface area contributed by atoms with Gasteiger partial charge in [0.1, 0.15) is 18.1 Å². The van der Waals surface area contributed by atoms with Gasteiger partial charge in [0.2, 0.25) is 0 Å². The van der Waals surface area contributed by atoms with Crippen molar-refractivity contribution >= 4 is 17.7 Å². The van der Waals surface area contributed by atoms with E-state index in [1.165, 1.54) is 5.56 Å². The van der Waals surface area contributed by atoms with Gasteiger partial charge in [-0.25, -0.2) is 4.79 Å². The summed E-state index contributed by atoms with van der Waals surface area (Å²) in [5.74, 6) is 1.57. The van der Waals surface area contributed by atoms with Crippen molar-refractivity contribution in [3.63, 3.8) is 0 Å². The van der Waals surface area contributed by atoms with Gasteiger partial charge in [0.15, 0.2) is 0 Å². The van der Waals surface area contributed by atoms with Crippen molar-refractivity contribution in [1.82, 2.24) is 5.32 Å². The minimum Gasteiger partial charge on any atom is -0.496 e. The number of para-hydroxylation sites is 1. The van der Waals surface area contributed by atoms with Gasteiger partial charge in [-0.15, -0.1) is 11.8 Å². The van der Waals surface area contributed by atoms with E-state index in [-0.39, 0.29) is 10.8 Å². The Labute approximate surface area is 186 Å². The zero-order chi connectivity index (χ0) is 21.6. The van der Waals surface area contributed by atoms with E-state index in [9.17, 15) is 9.90 Å². The van der Waals surface area contributed by atoms with Gasteiger partial charge in [0, 0.05) is 30.0 Å². The molecule has 0 saturated heterocycles. The molecule has 3 aromatic rings. The molecule has 3 aromatic carbocycles. The largest absolute Gasteiger partial charge is 0.496 e. The summed E-state index contributed by atoms with van der Waals surface area (Å²) < 4.78 is 11.4. The number of aromatic carboxylic acids is 1. The van der Waals surface area contributed by atoms with Crippen molar-refractivity contribution < 1.29 is 19.4 Å². The zero-order valence-electron chi connectivity index (χ0n) is 17.3. The third-order valence-corrected chi connectivity index (χ3v) is 6.61. The van der Waals surface area contributed by atoms with Gasteiger partial charge in [-0.1, -0.05) is 42.5 Å². The predicted octanol–water partition coefficient (Wildman–Crippen LogP) is 4.90. The maximum absolute atomic E-state index is 11.5. The van der Waals surface area contributed by atoms with E-state index in [0.717, 1.165) is 47.0 Å². The summed E-state index contributed by atoms with van der Waals surface area (Å²) >= 11 is 1.79. The Morgan fingerprint density at radius 1 is 1.13 bits per heavy atom. The highest BCUT2D eigenvalue weighted by molar-refractivity contribution is 7.99. The molecule has 1 aliphatic heterocycles. The second-order valence-corrected chi connectivity index (χ2v) is 8.50. The number of nitrogens with one attached hydrogen (secondary N) is 1. The molecule has 160 valence electrons. The molecule has 5 nitrogen and oxygen atoms in total. The summed E-state index contributed by atoms with van der Waals surface area (Å²) in [6, 6.07) is 21.3. The fourth-order valence-electron chi connectivity index (χ4n) is 3.76. The first-order chi connectivity index (χ1) is 15.2. The lowest BCUT2D eigenvalue weighted by Crippen LogP contribution is -2.17. The van der Waals surface area contributed by atoms with Crippen molar-refractivity contribution in [1.29, 1.82) is 0 Å². The normalized spacial score (nSPS) is 14.7. The van der Waals surface area contributed by atoms with Crippen LogP contribution in [-0.4, -0.2) is 30.5 Å². The summed E-state index contributed by atoms with van der Waals surface area (Å²) in [6.45, 7) is 2.03. The van der Waals surface area contributed by atoms with Gasteiger partial charge in [0.05, 0.1) is 17.9 Å². The molecule has 1 heterocycles. The molecule has 0 aromatic heterocycles. The molecule has 2 N–H and O–H groups in total. The van der Waals surface area contributed by atoms with Crippen LogP contribution in [0.15, 0.2) is 66.7 Å². The summed E-state index contributed by atoms with van der Waals surface area (Å²) in [6.07, 6.45) is 0. The van der Waals surface area contributed by atoms with E-state index >= 15 is 0 Å². The van der Waals surface area contributed by atoms with Crippen molar-refractivity contribution in [2.24, 2.45) is 0 Å². The molecular weight excluding hydrogens is 410 g/mol. The number of carboxylic acids is 1. The van der Waals surface area contributed by atoms with Crippen LogP contribution < -0.4 is 14.8 Å². The first-order valence-corrected chi connectivity index (χ1v) is 11.2. The van der Waals surface area contributed by atoms with Gasteiger partial charge < -0.3 is 19.9 Å². The van der Waals surface area contributed by atoms with E-state index in [4.69, 9.17) is 9.47 Å². The van der Waals surface area contributed by atoms with E-state index in [1.807, 2.05) is 30.3 Å². The molecule has 0 spiro atoms. The highest BCUT2D eigenvalue weighted by Gasteiger charge is 2.26. The van der Waals surface area contributed by atoms with E-state index in [1.54, 1.807) is 37.1 Å². The number of ether oxygens (including phenoxy) is 2. The van der Waals surface area contributed by atoms with Crippen molar-refractivity contribution in [3.05, 3.63) is 94.5 Å². The monoisotopic (exact) mass is 435 g/mol. The zero-order valence-corrected chi connectivity index (χ0v) is 18.2. The molecule has 1 atom stereocenters. The average molecular weight is 436 g/mol. The summed E-state index contributed by atoms with van der Waals surface area (Å²) in [5.41, 5.74) is 4.63. The van der Waals surface area contributed by atoms with Crippen molar-refractivity contribution in [2.75, 3.05) is 19.4 Å². The average Bonchev–Trinajstić information content (AvgIpc) is 2.95. The Bertz CT molecular complexity index is 1070. The number of rotatable bonds is 8. The SMILES string of the molecule is COc1ccccc1CNCCSC1c2ccccc2COc2ccc(C(=O)O)cc21. The second kappa shape index (κ2) is 9.90. The number of thioether (sulfide) groups is 1. The fraction of sp³-hybridized carbons (Fsp3) is 0.240. The third-order valence-electron chi connectivity index (χ3n) is 5.33. The van der Waals surface area contributed by atoms with Crippen LogP contribution in [0.5, 0.6) is 11.5 Å². The standard InChI is InChI=1S/C25H25NO4S/c1-29-22-9-5-3-6-18(22)15-26-12-13-31-24-20-8-4-2-7-19(20)16-30-23-11-10-17(25(27)28)14-21(23)24/h2-11,14,24,26H,12-13,15-16H2,1H3,(H,27,28). The van der Waals surface area contributed by atoms with Crippen LogP contribution in [0.2, 0.25) is 0 Å². The number of methoxy groups -OCH3 is 1. The molecular formula is C25H25NO4S. The van der Waals surface area contributed by atoms with Gasteiger partial charge in [-0.2, -0.15) is 0 Å². The second-order valence-electron chi connectivity index (χ2n) is 7.28. The summed E-state index contributed by atoms with van der Waals surface area (Å²) in [4.78, 5) is 11.5. The van der Waals surface area contributed by atoms with Crippen LogP contribution in [0.3, 0.4) is 0 Å². The highest BCUT2D eigenvalue weighted by atomic mass is 32.2. The quantitative estimate of drug-likeness (QED) is 0.491. The number of carboxylic acid groups (broad SMARTS) is 1. The van der Waals surface area contributed by atoms with E-state index in [2.05, 4.69) is 23.5 Å². The molecule has 0 saturated carbocycles. The Hall–Kier alpha value is -2.96. The first-order valence-electron chi connectivity index (χ1n) is 10.2. The number of hydrogen-bond donors (Lipinski definition) is 2. The predicted molar refractivity (Wildman–Crippen MR) is 123 cm³/mol. The molecule has 6 heteroatoms. The van der Waals surface area contributed by atoms with Crippen molar-refractivity contribution in [2.45, 2.75) is 18.4 Å². The smallest absolute Gasteiger partial charge is 0.335 e. The van der Waals surface area contributed by atoms with E-state index in [0.29, 0.717) is 6.61 Å². The van der Waals surface area contributed by atoms with Crippen LogP contribution in [0.1, 0.15) is 37.9 Å². The third kappa shape index (κ3) is 4.86. The molecule has 0 aliphatic carbocycles. The Morgan fingerprint density at radius 2 is 1.94 bits per heavy atom. The lowest BCUT2D eigenvalue weighted by molar-refractivity contribution is 0.0696. The minimum atomic E-state index is -0.928. The Kier molecular flexibility index (Phi) is 6.79. The lowest BCUT2D eigenvalue weighted by atomic mass is 9.98.